The van der Waals surface area contributed by atoms with E-state index in [1.165, 1.54) is 12.0 Å². The minimum absolute atomic E-state index is 0.196. The van der Waals surface area contributed by atoms with E-state index >= 15 is 0 Å². The molecule has 6 heteroatoms. The molecule has 2 amide bonds. The van der Waals surface area contributed by atoms with Gasteiger partial charge in [-0.25, -0.2) is 9.59 Å². The molecule has 1 fully saturated rings. The van der Waals surface area contributed by atoms with Crippen molar-refractivity contribution in [3.8, 4) is 0 Å². The second kappa shape index (κ2) is 5.67. The van der Waals surface area contributed by atoms with Gasteiger partial charge in [0.15, 0.2) is 0 Å². The number of carbonyl (C=O) groups excluding carboxylic acids is 1. The summed E-state index contributed by atoms with van der Waals surface area (Å²) in [6.45, 7) is 5.61. The maximum Gasteiger partial charge on any atom is 0.326 e. The summed E-state index contributed by atoms with van der Waals surface area (Å²) >= 11 is 0. The second-order valence-corrected chi connectivity index (χ2v) is 4.07. The standard InChI is InChI=1S/C11H18N2O4/c1-4-7(2)12-11(16)13-6-8(17-3)5-9(13)10(14)15/h4,7-9H,1,5-6H2,2-3H3,(H,12,16)(H,14,15). The molecule has 1 rings (SSSR count). The first kappa shape index (κ1) is 13.5. The van der Waals surface area contributed by atoms with Gasteiger partial charge < -0.3 is 20.1 Å². The van der Waals surface area contributed by atoms with Crippen molar-refractivity contribution in [2.24, 2.45) is 0 Å². The summed E-state index contributed by atoms with van der Waals surface area (Å²) in [5, 5.41) is 11.7. The zero-order valence-electron chi connectivity index (χ0n) is 10.0. The Morgan fingerprint density at radius 2 is 2.29 bits per heavy atom. The van der Waals surface area contributed by atoms with Gasteiger partial charge >= 0.3 is 12.0 Å². The fraction of sp³-hybridized carbons (Fsp3) is 0.636. The molecule has 3 atom stereocenters. The van der Waals surface area contributed by atoms with E-state index in [2.05, 4.69) is 11.9 Å². The van der Waals surface area contributed by atoms with Crippen molar-refractivity contribution < 1.29 is 19.4 Å². The summed E-state index contributed by atoms with van der Waals surface area (Å²) < 4.78 is 5.10. The van der Waals surface area contributed by atoms with Crippen LogP contribution in [0.4, 0.5) is 4.79 Å². The molecule has 0 spiro atoms. The van der Waals surface area contributed by atoms with Crippen molar-refractivity contribution in [1.82, 2.24) is 10.2 Å². The topological polar surface area (TPSA) is 78.9 Å². The lowest BCUT2D eigenvalue weighted by Gasteiger charge is -2.23. The van der Waals surface area contributed by atoms with Crippen molar-refractivity contribution in [2.45, 2.75) is 31.5 Å². The third-order valence-electron chi connectivity index (χ3n) is 2.85. The molecule has 6 nitrogen and oxygen atoms in total. The van der Waals surface area contributed by atoms with Gasteiger partial charge in [0.2, 0.25) is 0 Å². The number of amides is 2. The number of hydrogen-bond acceptors (Lipinski definition) is 3. The van der Waals surface area contributed by atoms with Crippen LogP contribution in [0.3, 0.4) is 0 Å². The van der Waals surface area contributed by atoms with Gasteiger partial charge in [-0.3, -0.25) is 0 Å². The molecular formula is C11H18N2O4. The molecule has 1 aliphatic rings. The van der Waals surface area contributed by atoms with Crippen LogP contribution in [-0.2, 0) is 9.53 Å². The van der Waals surface area contributed by atoms with Gasteiger partial charge in [0, 0.05) is 26.1 Å². The zero-order chi connectivity index (χ0) is 13.0. The molecule has 96 valence electrons. The van der Waals surface area contributed by atoms with Crippen molar-refractivity contribution in [3.05, 3.63) is 12.7 Å². The molecule has 0 bridgehead atoms. The van der Waals surface area contributed by atoms with E-state index in [1.807, 2.05) is 0 Å². The molecular weight excluding hydrogens is 224 g/mol. The molecule has 0 radical (unpaired) electrons. The predicted octanol–water partition coefficient (Wildman–Crippen LogP) is 0.444. The number of urea groups is 1. The fourth-order valence-electron chi connectivity index (χ4n) is 1.76. The van der Waals surface area contributed by atoms with Gasteiger partial charge in [-0.1, -0.05) is 6.08 Å². The van der Waals surface area contributed by atoms with E-state index in [0.717, 1.165) is 0 Å². The SMILES string of the molecule is C=CC(C)NC(=O)N1CC(OC)CC1C(=O)O. The number of nitrogens with one attached hydrogen (secondary N) is 1. The molecule has 1 heterocycles. The number of methoxy groups -OCH3 is 1. The summed E-state index contributed by atoms with van der Waals surface area (Å²) in [6, 6.07) is -1.42. The average Bonchev–Trinajstić information content (AvgIpc) is 2.72. The van der Waals surface area contributed by atoms with Crippen LogP contribution in [0.2, 0.25) is 0 Å². The summed E-state index contributed by atoms with van der Waals surface area (Å²) in [5.41, 5.74) is 0. The molecule has 1 saturated heterocycles. The van der Waals surface area contributed by atoms with Crippen LogP contribution in [0, 0.1) is 0 Å². The highest BCUT2D eigenvalue weighted by atomic mass is 16.5. The maximum atomic E-state index is 11.8. The number of ether oxygens (including phenoxy) is 1. The Labute approximate surface area is 100 Å². The monoisotopic (exact) mass is 242 g/mol. The van der Waals surface area contributed by atoms with Crippen molar-refractivity contribution >= 4 is 12.0 Å². The highest BCUT2D eigenvalue weighted by Gasteiger charge is 2.39. The number of carbonyl (C=O) groups is 2. The van der Waals surface area contributed by atoms with Crippen LogP contribution < -0.4 is 5.32 Å². The first-order valence-corrected chi connectivity index (χ1v) is 5.44. The average molecular weight is 242 g/mol. The van der Waals surface area contributed by atoms with E-state index in [4.69, 9.17) is 9.84 Å². The first-order valence-electron chi connectivity index (χ1n) is 5.44. The van der Waals surface area contributed by atoms with Gasteiger partial charge in [-0.15, -0.1) is 6.58 Å². The highest BCUT2D eigenvalue weighted by molar-refractivity contribution is 5.83. The number of carboxylic acid groups (broad SMARTS) is 1. The van der Waals surface area contributed by atoms with Crippen molar-refractivity contribution in [3.63, 3.8) is 0 Å². The van der Waals surface area contributed by atoms with E-state index in [0.29, 0.717) is 13.0 Å². The number of likely N-dealkylation sites (tertiary alicyclic amines) is 1. The lowest BCUT2D eigenvalue weighted by molar-refractivity contribution is -0.141. The minimum atomic E-state index is -1.01. The van der Waals surface area contributed by atoms with E-state index in [-0.39, 0.29) is 12.1 Å². The Morgan fingerprint density at radius 1 is 1.65 bits per heavy atom. The summed E-state index contributed by atoms with van der Waals surface area (Å²) in [6.07, 6.45) is 1.68. The summed E-state index contributed by atoms with van der Waals surface area (Å²) in [4.78, 5) is 24.2. The van der Waals surface area contributed by atoms with Crippen molar-refractivity contribution in [1.29, 1.82) is 0 Å². The Hall–Kier alpha value is -1.56. The largest absolute Gasteiger partial charge is 0.480 e. The Kier molecular flexibility index (Phi) is 4.51. The number of carboxylic acids is 1. The van der Waals surface area contributed by atoms with E-state index < -0.39 is 18.0 Å². The smallest absolute Gasteiger partial charge is 0.326 e. The van der Waals surface area contributed by atoms with Crippen LogP contribution in [-0.4, -0.2) is 53.8 Å². The van der Waals surface area contributed by atoms with Crippen molar-refractivity contribution in [2.75, 3.05) is 13.7 Å². The fourth-order valence-corrected chi connectivity index (χ4v) is 1.76. The number of aliphatic carboxylic acids is 1. The molecule has 2 N–H and O–H groups in total. The predicted molar refractivity (Wildman–Crippen MR) is 61.7 cm³/mol. The molecule has 1 aliphatic heterocycles. The highest BCUT2D eigenvalue weighted by Crippen LogP contribution is 2.20. The van der Waals surface area contributed by atoms with Crippen LogP contribution >= 0.6 is 0 Å². The Morgan fingerprint density at radius 3 is 2.76 bits per heavy atom. The third kappa shape index (κ3) is 3.20. The number of rotatable bonds is 4. The molecule has 3 unspecified atom stereocenters. The first-order chi connectivity index (χ1) is 7.99. The van der Waals surface area contributed by atoms with E-state index in [9.17, 15) is 9.59 Å². The minimum Gasteiger partial charge on any atom is -0.480 e. The normalized spacial score (nSPS) is 25.4. The molecule has 0 aromatic heterocycles. The van der Waals surface area contributed by atoms with E-state index in [1.54, 1.807) is 13.0 Å². The molecule has 0 aromatic rings. The van der Waals surface area contributed by atoms with Gasteiger partial charge in [-0.05, 0) is 6.92 Å². The Bertz CT molecular complexity index is 319. The van der Waals surface area contributed by atoms with Gasteiger partial charge in [0.1, 0.15) is 6.04 Å². The number of nitrogens with zero attached hydrogens (tertiary/aromatic N) is 1. The molecule has 0 saturated carbocycles. The second-order valence-electron chi connectivity index (χ2n) is 4.07. The maximum absolute atomic E-state index is 11.8. The van der Waals surface area contributed by atoms with Gasteiger partial charge in [0.05, 0.1) is 6.10 Å². The Balaban J connectivity index is 2.69. The summed E-state index contributed by atoms with van der Waals surface area (Å²) in [7, 11) is 1.51. The molecule has 17 heavy (non-hydrogen) atoms. The van der Waals surface area contributed by atoms with Crippen LogP contribution in [0.25, 0.3) is 0 Å². The van der Waals surface area contributed by atoms with Crippen LogP contribution in [0.1, 0.15) is 13.3 Å². The van der Waals surface area contributed by atoms with Crippen LogP contribution in [0.5, 0.6) is 0 Å². The van der Waals surface area contributed by atoms with Crippen LogP contribution in [0.15, 0.2) is 12.7 Å². The molecule has 0 aromatic carbocycles. The quantitative estimate of drug-likeness (QED) is 0.701. The molecule has 0 aliphatic carbocycles. The lowest BCUT2D eigenvalue weighted by Crippen LogP contribution is -2.48. The lowest BCUT2D eigenvalue weighted by atomic mass is 10.2. The zero-order valence-corrected chi connectivity index (χ0v) is 10.0. The number of hydrogen-bond donors (Lipinski definition) is 2. The van der Waals surface area contributed by atoms with Gasteiger partial charge in [0.25, 0.3) is 0 Å². The van der Waals surface area contributed by atoms with Gasteiger partial charge in [-0.2, -0.15) is 0 Å². The summed E-state index contributed by atoms with van der Waals surface area (Å²) in [5.74, 6) is -1.01. The third-order valence-corrected chi connectivity index (χ3v) is 2.85.